The summed E-state index contributed by atoms with van der Waals surface area (Å²) in [4.78, 5) is 2.33. The molecule has 1 saturated carbocycles. The van der Waals surface area contributed by atoms with Crippen molar-refractivity contribution in [2.75, 3.05) is 18.1 Å². The van der Waals surface area contributed by atoms with Crippen LogP contribution in [0.15, 0.2) is 27.8 Å². The smallest absolute Gasteiger partial charge is 0.171 e. The first-order valence-corrected chi connectivity index (χ1v) is 7.61. The van der Waals surface area contributed by atoms with Gasteiger partial charge in [-0.05, 0) is 59.8 Å². The topological polar surface area (TPSA) is 82.1 Å². The Morgan fingerprint density at radius 2 is 2.20 bits per heavy atom. The molecule has 1 aliphatic carbocycles. The molecule has 1 fully saturated rings. The zero-order chi connectivity index (χ0) is 14.5. The molecule has 0 aromatic heterocycles. The first-order chi connectivity index (χ1) is 9.67. The fourth-order valence-corrected chi connectivity index (χ4v) is 2.98. The highest BCUT2D eigenvalue weighted by Gasteiger charge is 2.25. The van der Waals surface area contributed by atoms with Gasteiger partial charge in [0.15, 0.2) is 5.84 Å². The van der Waals surface area contributed by atoms with Crippen LogP contribution >= 0.6 is 15.9 Å². The molecular weight excluding hydrogens is 322 g/mol. The van der Waals surface area contributed by atoms with Crippen LogP contribution in [0.1, 0.15) is 31.2 Å². The molecule has 0 spiro atoms. The fourth-order valence-electron chi connectivity index (χ4n) is 2.41. The van der Waals surface area contributed by atoms with Crippen LogP contribution in [0.25, 0.3) is 0 Å². The largest absolute Gasteiger partial charge is 0.409 e. The zero-order valence-corrected chi connectivity index (χ0v) is 12.9. The molecule has 0 aliphatic heterocycles. The number of nitrogens with zero attached hydrogens (tertiary/aromatic N) is 2. The Bertz CT molecular complexity index is 489. The van der Waals surface area contributed by atoms with E-state index < -0.39 is 0 Å². The third kappa shape index (κ3) is 3.24. The monoisotopic (exact) mass is 341 g/mol. The summed E-state index contributed by atoms with van der Waals surface area (Å²) in [7, 11) is 0. The van der Waals surface area contributed by atoms with E-state index in [-0.39, 0.29) is 12.4 Å². The average Bonchev–Trinajstić information content (AvgIpc) is 2.40. The van der Waals surface area contributed by atoms with Crippen molar-refractivity contribution >= 4 is 27.5 Å². The summed E-state index contributed by atoms with van der Waals surface area (Å²) in [6.07, 6.45) is 4.43. The standard InChI is InChI=1S/C14H20BrN3O2/c15-13-9-11(5-6-12(13)14(16)17-20)18(7-2-8-19)10-3-1-4-10/h5-6,9-10,19-20H,1-4,7-8H2,(H2,16,17). The highest BCUT2D eigenvalue weighted by molar-refractivity contribution is 9.10. The van der Waals surface area contributed by atoms with Crippen LogP contribution in [0.3, 0.4) is 0 Å². The molecule has 0 saturated heterocycles. The molecule has 2 rings (SSSR count). The Hall–Kier alpha value is -1.27. The molecule has 0 atom stereocenters. The number of amidine groups is 1. The quantitative estimate of drug-likeness (QED) is 0.321. The van der Waals surface area contributed by atoms with Gasteiger partial charge in [0, 0.05) is 34.9 Å². The minimum Gasteiger partial charge on any atom is -0.409 e. The number of halogens is 1. The van der Waals surface area contributed by atoms with Gasteiger partial charge >= 0.3 is 0 Å². The minimum absolute atomic E-state index is 0.0916. The van der Waals surface area contributed by atoms with E-state index in [4.69, 9.17) is 16.0 Å². The highest BCUT2D eigenvalue weighted by Crippen LogP contribution is 2.32. The summed E-state index contributed by atoms with van der Waals surface area (Å²) in [5.74, 6) is 0.0916. The SMILES string of the molecule is N/C(=N/O)c1ccc(N(CCCO)C2CCC2)cc1Br. The number of benzene rings is 1. The average molecular weight is 342 g/mol. The molecule has 20 heavy (non-hydrogen) atoms. The van der Waals surface area contributed by atoms with Crippen molar-refractivity contribution in [2.24, 2.45) is 10.9 Å². The van der Waals surface area contributed by atoms with Crippen LogP contribution in [0.4, 0.5) is 5.69 Å². The molecule has 0 radical (unpaired) electrons. The van der Waals surface area contributed by atoms with Crippen molar-refractivity contribution in [3.63, 3.8) is 0 Å². The third-order valence-corrected chi connectivity index (χ3v) is 4.40. The number of rotatable bonds is 6. The molecule has 0 heterocycles. The summed E-state index contributed by atoms with van der Waals surface area (Å²) >= 11 is 3.47. The Balaban J connectivity index is 2.22. The summed E-state index contributed by atoms with van der Waals surface area (Å²) in [5, 5.41) is 20.8. The number of hydrogen-bond acceptors (Lipinski definition) is 4. The summed E-state index contributed by atoms with van der Waals surface area (Å²) < 4.78 is 0.804. The van der Waals surface area contributed by atoms with Gasteiger partial charge in [0.2, 0.25) is 0 Å². The maximum absolute atomic E-state index is 9.04. The van der Waals surface area contributed by atoms with Gasteiger partial charge in [-0.1, -0.05) is 5.16 Å². The predicted octanol–water partition coefficient (Wildman–Crippen LogP) is 2.28. The molecule has 110 valence electrons. The molecular formula is C14H20BrN3O2. The van der Waals surface area contributed by atoms with E-state index in [1.54, 1.807) is 0 Å². The van der Waals surface area contributed by atoms with Crippen molar-refractivity contribution in [1.29, 1.82) is 0 Å². The molecule has 0 amide bonds. The van der Waals surface area contributed by atoms with Gasteiger partial charge in [0.05, 0.1) is 0 Å². The number of aliphatic hydroxyl groups excluding tert-OH is 1. The van der Waals surface area contributed by atoms with Crippen molar-refractivity contribution in [1.82, 2.24) is 0 Å². The van der Waals surface area contributed by atoms with Crippen molar-refractivity contribution < 1.29 is 10.3 Å². The first kappa shape index (κ1) is 15.1. The molecule has 0 bridgehead atoms. The van der Waals surface area contributed by atoms with Crippen LogP contribution in [0.2, 0.25) is 0 Å². The maximum Gasteiger partial charge on any atom is 0.171 e. The van der Waals surface area contributed by atoms with E-state index in [0.717, 1.165) is 23.1 Å². The third-order valence-electron chi connectivity index (χ3n) is 3.74. The molecule has 1 aromatic carbocycles. The second-order valence-corrected chi connectivity index (χ2v) is 5.86. The van der Waals surface area contributed by atoms with Crippen molar-refractivity contribution in [3.8, 4) is 0 Å². The summed E-state index contributed by atoms with van der Waals surface area (Å²) in [6.45, 7) is 1.04. The molecule has 4 N–H and O–H groups in total. The number of oxime groups is 1. The van der Waals surface area contributed by atoms with Crippen LogP contribution in [-0.2, 0) is 0 Å². The molecule has 6 heteroatoms. The lowest BCUT2D eigenvalue weighted by Gasteiger charge is -2.39. The Kier molecular flexibility index (Phi) is 5.25. The summed E-state index contributed by atoms with van der Waals surface area (Å²) in [5.41, 5.74) is 7.40. The molecule has 5 nitrogen and oxygen atoms in total. The van der Waals surface area contributed by atoms with Crippen LogP contribution in [0.5, 0.6) is 0 Å². The van der Waals surface area contributed by atoms with Gasteiger partial charge in [0.25, 0.3) is 0 Å². The van der Waals surface area contributed by atoms with Gasteiger partial charge in [-0.3, -0.25) is 0 Å². The Labute approximate surface area is 127 Å². The lowest BCUT2D eigenvalue weighted by atomic mass is 9.91. The van der Waals surface area contributed by atoms with Crippen LogP contribution < -0.4 is 10.6 Å². The fraction of sp³-hybridized carbons (Fsp3) is 0.500. The number of hydrogen-bond donors (Lipinski definition) is 3. The second-order valence-electron chi connectivity index (χ2n) is 5.00. The molecule has 0 unspecified atom stereocenters. The van der Waals surface area contributed by atoms with E-state index in [9.17, 15) is 0 Å². The number of aliphatic hydroxyl groups is 1. The Morgan fingerprint density at radius 1 is 1.45 bits per heavy atom. The second kappa shape index (κ2) is 6.95. The molecule has 1 aromatic rings. The zero-order valence-electron chi connectivity index (χ0n) is 11.3. The van der Waals surface area contributed by atoms with E-state index in [0.29, 0.717) is 11.6 Å². The van der Waals surface area contributed by atoms with Crippen molar-refractivity contribution in [2.45, 2.75) is 31.7 Å². The lowest BCUT2D eigenvalue weighted by molar-refractivity contribution is 0.283. The predicted molar refractivity (Wildman–Crippen MR) is 83.3 cm³/mol. The summed E-state index contributed by atoms with van der Waals surface area (Å²) in [6, 6.07) is 6.37. The van der Waals surface area contributed by atoms with E-state index in [1.807, 2.05) is 18.2 Å². The minimum atomic E-state index is 0.0916. The van der Waals surface area contributed by atoms with Crippen molar-refractivity contribution in [3.05, 3.63) is 28.2 Å². The molecule has 1 aliphatic rings. The lowest BCUT2D eigenvalue weighted by Crippen LogP contribution is -2.41. The van der Waals surface area contributed by atoms with Crippen LogP contribution in [-0.4, -0.2) is 35.3 Å². The normalized spacial score (nSPS) is 16.0. The number of anilines is 1. The first-order valence-electron chi connectivity index (χ1n) is 6.82. The van der Waals surface area contributed by atoms with Gasteiger partial charge in [-0.15, -0.1) is 0 Å². The van der Waals surface area contributed by atoms with E-state index in [2.05, 4.69) is 26.0 Å². The van der Waals surface area contributed by atoms with Gasteiger partial charge in [0.1, 0.15) is 0 Å². The Morgan fingerprint density at radius 3 is 2.70 bits per heavy atom. The van der Waals surface area contributed by atoms with Gasteiger partial charge < -0.3 is 20.9 Å². The number of nitrogens with two attached hydrogens (primary N) is 1. The van der Waals surface area contributed by atoms with Gasteiger partial charge in [-0.25, -0.2) is 0 Å². The van der Waals surface area contributed by atoms with E-state index in [1.165, 1.54) is 19.3 Å². The van der Waals surface area contributed by atoms with E-state index >= 15 is 0 Å². The van der Waals surface area contributed by atoms with Crippen LogP contribution in [0, 0.1) is 0 Å². The van der Waals surface area contributed by atoms with Gasteiger partial charge in [-0.2, -0.15) is 0 Å². The maximum atomic E-state index is 9.04. The highest BCUT2D eigenvalue weighted by atomic mass is 79.9.